The van der Waals surface area contributed by atoms with Crippen molar-refractivity contribution in [3.8, 4) is 0 Å². The Bertz CT molecular complexity index is 835. The Morgan fingerprint density at radius 3 is 2.54 bits per heavy atom. The molecule has 24 heavy (non-hydrogen) atoms. The summed E-state index contributed by atoms with van der Waals surface area (Å²) in [5.74, 6) is 0.947. The van der Waals surface area contributed by atoms with Crippen LogP contribution in [0.15, 0.2) is 18.5 Å². The van der Waals surface area contributed by atoms with E-state index >= 15 is 0 Å². The highest BCUT2D eigenvalue weighted by atomic mass is 32.2. The molecule has 2 aromatic heterocycles. The minimum Gasteiger partial charge on any atom is -0.307 e. The summed E-state index contributed by atoms with van der Waals surface area (Å²) >= 11 is 0. The second kappa shape index (κ2) is 6.40. The van der Waals surface area contributed by atoms with E-state index in [0.29, 0.717) is 24.0 Å². The van der Waals surface area contributed by atoms with Gasteiger partial charge in [-0.05, 0) is 32.8 Å². The first-order valence-corrected chi connectivity index (χ1v) is 9.56. The third-order valence-corrected chi connectivity index (χ3v) is 5.14. The molecular weight excluding hydrogens is 328 g/mol. The Balaban J connectivity index is 1.86. The van der Waals surface area contributed by atoms with Crippen LogP contribution in [0.4, 0.5) is 11.8 Å². The lowest BCUT2D eigenvalue weighted by Crippen LogP contribution is -2.30. The summed E-state index contributed by atoms with van der Waals surface area (Å²) in [6.45, 7) is 4.30. The van der Waals surface area contributed by atoms with Crippen LogP contribution in [0.25, 0.3) is 0 Å². The molecule has 3 heterocycles. The molecule has 0 aliphatic carbocycles. The molecule has 0 aromatic carbocycles. The van der Waals surface area contributed by atoms with Gasteiger partial charge in [-0.2, -0.15) is 4.31 Å². The highest BCUT2D eigenvalue weighted by Gasteiger charge is 2.33. The molecule has 1 aliphatic heterocycles. The van der Waals surface area contributed by atoms with Gasteiger partial charge in [-0.25, -0.2) is 23.4 Å². The summed E-state index contributed by atoms with van der Waals surface area (Å²) in [4.78, 5) is 17.3. The van der Waals surface area contributed by atoms with E-state index in [1.807, 2.05) is 19.9 Å². The summed E-state index contributed by atoms with van der Waals surface area (Å²) in [7, 11) is -3.26. The van der Waals surface area contributed by atoms with E-state index in [-0.39, 0.29) is 6.04 Å². The fraction of sp³-hybridized carbons (Fsp3) is 0.467. The van der Waals surface area contributed by atoms with Gasteiger partial charge in [0.25, 0.3) is 0 Å². The molecule has 8 nitrogen and oxygen atoms in total. The number of aromatic nitrogens is 4. The van der Waals surface area contributed by atoms with E-state index in [9.17, 15) is 8.42 Å². The molecule has 1 N–H and O–H groups in total. The zero-order valence-corrected chi connectivity index (χ0v) is 14.7. The first-order valence-electron chi connectivity index (χ1n) is 7.71. The van der Waals surface area contributed by atoms with Gasteiger partial charge in [-0.3, -0.25) is 4.98 Å². The molecule has 0 amide bonds. The van der Waals surface area contributed by atoms with Crippen LogP contribution >= 0.6 is 0 Å². The molecule has 1 unspecified atom stereocenters. The van der Waals surface area contributed by atoms with Crippen LogP contribution < -0.4 is 5.32 Å². The van der Waals surface area contributed by atoms with Crippen LogP contribution in [0.2, 0.25) is 0 Å². The molecule has 128 valence electrons. The zero-order chi connectivity index (χ0) is 17.3. The summed E-state index contributed by atoms with van der Waals surface area (Å²) in [6.07, 6.45) is 5.97. The lowest BCUT2D eigenvalue weighted by atomic mass is 10.2. The average Bonchev–Trinajstić information content (AvgIpc) is 2.96. The maximum Gasteiger partial charge on any atom is 0.228 e. The monoisotopic (exact) mass is 348 g/mol. The SMILES string of the molecule is Cc1cc(C)nc(Nc2cncc(C3CCCN3S(C)(=O)=O)n2)n1. The molecular formula is C15H20N6O2S. The number of aryl methyl sites for hydroxylation is 2. The third-order valence-electron chi connectivity index (χ3n) is 3.85. The molecule has 3 rings (SSSR count). The molecule has 0 radical (unpaired) electrons. The number of hydrogen-bond donors (Lipinski definition) is 1. The van der Waals surface area contributed by atoms with Crippen molar-refractivity contribution in [3.63, 3.8) is 0 Å². The van der Waals surface area contributed by atoms with Crippen molar-refractivity contribution in [2.24, 2.45) is 0 Å². The molecule has 0 bridgehead atoms. The number of anilines is 2. The molecule has 2 aromatic rings. The predicted molar refractivity (Wildman–Crippen MR) is 90.3 cm³/mol. The normalized spacial score (nSPS) is 18.7. The number of sulfonamides is 1. The molecule has 0 saturated carbocycles. The maximum absolute atomic E-state index is 11.9. The summed E-state index contributed by atoms with van der Waals surface area (Å²) < 4.78 is 25.3. The highest BCUT2D eigenvalue weighted by Crippen LogP contribution is 2.32. The molecule has 1 atom stereocenters. The number of rotatable bonds is 4. The van der Waals surface area contributed by atoms with E-state index in [0.717, 1.165) is 24.2 Å². The molecule has 1 fully saturated rings. The van der Waals surface area contributed by atoms with Gasteiger partial charge < -0.3 is 5.32 Å². The largest absolute Gasteiger partial charge is 0.307 e. The van der Waals surface area contributed by atoms with E-state index in [1.165, 1.54) is 10.6 Å². The minimum atomic E-state index is -3.26. The van der Waals surface area contributed by atoms with Crippen molar-refractivity contribution in [1.29, 1.82) is 0 Å². The van der Waals surface area contributed by atoms with Crippen molar-refractivity contribution in [3.05, 3.63) is 35.5 Å². The van der Waals surface area contributed by atoms with Gasteiger partial charge >= 0.3 is 0 Å². The Morgan fingerprint density at radius 1 is 1.17 bits per heavy atom. The number of hydrogen-bond acceptors (Lipinski definition) is 7. The van der Waals surface area contributed by atoms with Crippen molar-refractivity contribution in [2.75, 3.05) is 18.1 Å². The van der Waals surface area contributed by atoms with E-state index in [1.54, 1.807) is 12.4 Å². The lowest BCUT2D eigenvalue weighted by Gasteiger charge is -2.21. The third kappa shape index (κ3) is 3.68. The fourth-order valence-corrected chi connectivity index (χ4v) is 4.07. The standard InChI is InChI=1S/C15H20N6O2S/c1-10-7-11(2)18-15(17-10)20-14-9-16-8-12(19-14)13-5-4-6-21(13)24(3,22)23/h7-9,13H,4-6H2,1-3H3,(H,17,18,19,20). The number of nitrogens with one attached hydrogen (secondary N) is 1. The minimum absolute atomic E-state index is 0.269. The molecule has 1 aliphatic rings. The summed E-state index contributed by atoms with van der Waals surface area (Å²) in [5, 5.41) is 3.04. The zero-order valence-electron chi connectivity index (χ0n) is 13.9. The van der Waals surface area contributed by atoms with Gasteiger partial charge in [0, 0.05) is 17.9 Å². The number of nitrogens with zero attached hydrogens (tertiary/aromatic N) is 5. The van der Waals surface area contributed by atoms with Crippen LogP contribution in [0.1, 0.15) is 36.0 Å². The Morgan fingerprint density at radius 2 is 1.88 bits per heavy atom. The van der Waals surface area contributed by atoms with Crippen LogP contribution in [0.5, 0.6) is 0 Å². The van der Waals surface area contributed by atoms with Gasteiger partial charge in [0.15, 0.2) is 5.82 Å². The van der Waals surface area contributed by atoms with Crippen LogP contribution in [0.3, 0.4) is 0 Å². The van der Waals surface area contributed by atoms with Crippen LogP contribution in [-0.4, -0.2) is 45.5 Å². The second-order valence-electron chi connectivity index (χ2n) is 5.96. The van der Waals surface area contributed by atoms with Crippen molar-refractivity contribution >= 4 is 21.8 Å². The first-order chi connectivity index (χ1) is 11.3. The van der Waals surface area contributed by atoms with Gasteiger partial charge in [-0.15, -0.1) is 0 Å². The van der Waals surface area contributed by atoms with E-state index < -0.39 is 10.0 Å². The quantitative estimate of drug-likeness (QED) is 0.897. The van der Waals surface area contributed by atoms with Crippen molar-refractivity contribution in [2.45, 2.75) is 32.7 Å². The van der Waals surface area contributed by atoms with Gasteiger partial charge in [0.05, 0.1) is 30.4 Å². The van der Waals surface area contributed by atoms with Crippen LogP contribution in [-0.2, 0) is 10.0 Å². The smallest absolute Gasteiger partial charge is 0.228 e. The topological polar surface area (TPSA) is 101 Å². The van der Waals surface area contributed by atoms with E-state index in [4.69, 9.17) is 0 Å². The van der Waals surface area contributed by atoms with Gasteiger partial charge in [-0.1, -0.05) is 0 Å². The lowest BCUT2D eigenvalue weighted by molar-refractivity contribution is 0.393. The molecule has 1 saturated heterocycles. The van der Waals surface area contributed by atoms with Gasteiger partial charge in [0.1, 0.15) is 0 Å². The summed E-state index contributed by atoms with van der Waals surface area (Å²) in [6, 6.07) is 1.62. The average molecular weight is 348 g/mol. The van der Waals surface area contributed by atoms with Crippen molar-refractivity contribution < 1.29 is 8.42 Å². The highest BCUT2D eigenvalue weighted by molar-refractivity contribution is 7.88. The Kier molecular flexibility index (Phi) is 4.46. The molecule has 0 spiro atoms. The first kappa shape index (κ1) is 16.7. The Hall–Kier alpha value is -2.13. The van der Waals surface area contributed by atoms with Crippen LogP contribution in [0, 0.1) is 13.8 Å². The van der Waals surface area contributed by atoms with Crippen molar-refractivity contribution in [1.82, 2.24) is 24.2 Å². The Labute approximate surface area is 141 Å². The second-order valence-corrected chi connectivity index (χ2v) is 7.90. The fourth-order valence-electron chi connectivity index (χ4n) is 2.93. The van der Waals surface area contributed by atoms with Gasteiger partial charge in [0.2, 0.25) is 16.0 Å². The van der Waals surface area contributed by atoms with E-state index in [2.05, 4.69) is 25.3 Å². The molecule has 9 heteroatoms. The maximum atomic E-state index is 11.9. The summed E-state index contributed by atoms with van der Waals surface area (Å²) in [5.41, 5.74) is 2.34. The predicted octanol–water partition coefficient (Wildman–Crippen LogP) is 1.72.